The number of nitrogens with zero attached hydrogens (tertiary/aromatic N) is 3. The molecule has 0 saturated heterocycles. The number of ether oxygens (including phenoxy) is 1. The highest BCUT2D eigenvalue weighted by molar-refractivity contribution is 5.89. The Balaban J connectivity index is 2.23. The minimum atomic E-state index is -0.471. The standard InChI is InChI=1S/C15H12FN3O2/c1-9-3-5-12(16)11(7-9)14-18-17-13-6-4-10(8-19(13)14)15(20)21-2/h3-8H,1-2H3. The molecule has 1 aromatic carbocycles. The molecule has 0 radical (unpaired) electrons. The molecule has 3 rings (SSSR count). The van der Waals surface area contributed by atoms with E-state index in [1.54, 1.807) is 28.7 Å². The van der Waals surface area contributed by atoms with Gasteiger partial charge in [-0.15, -0.1) is 10.2 Å². The summed E-state index contributed by atoms with van der Waals surface area (Å²) in [5.74, 6) is -0.517. The molecule has 3 aromatic rings. The highest BCUT2D eigenvalue weighted by Crippen LogP contribution is 2.23. The molecule has 2 aromatic heterocycles. The zero-order valence-corrected chi connectivity index (χ0v) is 11.5. The van der Waals surface area contributed by atoms with Crippen LogP contribution in [0.5, 0.6) is 0 Å². The molecule has 0 bridgehead atoms. The largest absolute Gasteiger partial charge is 0.465 e. The molecule has 0 aliphatic heterocycles. The van der Waals surface area contributed by atoms with E-state index in [9.17, 15) is 9.18 Å². The van der Waals surface area contributed by atoms with Gasteiger partial charge in [-0.25, -0.2) is 9.18 Å². The number of methoxy groups -OCH3 is 1. The first-order chi connectivity index (χ1) is 10.1. The Kier molecular flexibility index (Phi) is 3.13. The van der Waals surface area contributed by atoms with E-state index in [1.807, 2.05) is 6.92 Å². The molecule has 5 nitrogen and oxygen atoms in total. The first kappa shape index (κ1) is 13.2. The normalized spacial score (nSPS) is 10.8. The Hall–Kier alpha value is -2.76. The molecule has 21 heavy (non-hydrogen) atoms. The Morgan fingerprint density at radius 3 is 2.81 bits per heavy atom. The van der Waals surface area contributed by atoms with Crippen molar-refractivity contribution in [2.45, 2.75) is 6.92 Å². The Labute approximate surface area is 120 Å². The third kappa shape index (κ3) is 2.24. The lowest BCUT2D eigenvalue weighted by Crippen LogP contribution is -2.03. The molecule has 0 saturated carbocycles. The Morgan fingerprint density at radius 2 is 2.05 bits per heavy atom. The van der Waals surface area contributed by atoms with Crippen LogP contribution in [0.1, 0.15) is 15.9 Å². The summed E-state index contributed by atoms with van der Waals surface area (Å²) in [5.41, 5.74) is 2.12. The fraction of sp³-hybridized carbons (Fsp3) is 0.133. The molecular weight excluding hydrogens is 273 g/mol. The zero-order valence-electron chi connectivity index (χ0n) is 11.5. The van der Waals surface area contributed by atoms with Gasteiger partial charge < -0.3 is 4.74 Å². The van der Waals surface area contributed by atoms with Crippen molar-refractivity contribution in [3.63, 3.8) is 0 Å². The van der Waals surface area contributed by atoms with Crippen LogP contribution in [0, 0.1) is 12.7 Å². The summed E-state index contributed by atoms with van der Waals surface area (Å²) >= 11 is 0. The van der Waals surface area contributed by atoms with Crippen molar-refractivity contribution in [2.75, 3.05) is 7.11 Å². The summed E-state index contributed by atoms with van der Waals surface area (Å²) in [6.45, 7) is 1.87. The average Bonchev–Trinajstić information content (AvgIpc) is 2.91. The van der Waals surface area contributed by atoms with E-state index >= 15 is 0 Å². The van der Waals surface area contributed by atoms with E-state index < -0.39 is 11.8 Å². The summed E-state index contributed by atoms with van der Waals surface area (Å²) in [5, 5.41) is 8.00. The third-order valence-electron chi connectivity index (χ3n) is 3.19. The number of pyridine rings is 1. The van der Waals surface area contributed by atoms with Crippen LogP contribution < -0.4 is 0 Å². The van der Waals surface area contributed by atoms with Gasteiger partial charge in [0.05, 0.1) is 18.2 Å². The molecule has 0 aliphatic carbocycles. The van der Waals surface area contributed by atoms with E-state index in [4.69, 9.17) is 0 Å². The number of benzene rings is 1. The molecule has 0 unspecified atom stereocenters. The van der Waals surface area contributed by atoms with Crippen LogP contribution in [0.15, 0.2) is 36.5 Å². The van der Waals surface area contributed by atoms with Crippen LogP contribution in [0.25, 0.3) is 17.0 Å². The summed E-state index contributed by atoms with van der Waals surface area (Å²) in [6, 6.07) is 7.98. The van der Waals surface area contributed by atoms with Gasteiger partial charge in [-0.3, -0.25) is 4.40 Å². The highest BCUT2D eigenvalue weighted by atomic mass is 19.1. The second-order valence-electron chi connectivity index (χ2n) is 4.64. The van der Waals surface area contributed by atoms with Gasteiger partial charge >= 0.3 is 5.97 Å². The summed E-state index contributed by atoms with van der Waals surface area (Å²) in [7, 11) is 1.31. The van der Waals surface area contributed by atoms with E-state index in [1.165, 1.54) is 19.4 Å². The number of hydrogen-bond donors (Lipinski definition) is 0. The number of carbonyl (C=O) groups is 1. The summed E-state index contributed by atoms with van der Waals surface area (Å²) < 4.78 is 20.3. The van der Waals surface area contributed by atoms with Crippen molar-refractivity contribution in [3.8, 4) is 11.4 Å². The zero-order chi connectivity index (χ0) is 15.0. The number of hydrogen-bond acceptors (Lipinski definition) is 4. The molecule has 0 aliphatic rings. The monoisotopic (exact) mass is 285 g/mol. The number of esters is 1. The molecule has 0 spiro atoms. The van der Waals surface area contributed by atoms with E-state index in [2.05, 4.69) is 14.9 Å². The Bertz CT molecular complexity index is 842. The maximum absolute atomic E-state index is 14.0. The van der Waals surface area contributed by atoms with Crippen molar-refractivity contribution in [3.05, 3.63) is 53.5 Å². The van der Waals surface area contributed by atoms with Crippen LogP contribution in [-0.4, -0.2) is 27.7 Å². The van der Waals surface area contributed by atoms with Crippen molar-refractivity contribution >= 4 is 11.6 Å². The maximum Gasteiger partial charge on any atom is 0.339 e. The number of aryl methyl sites for hydroxylation is 1. The van der Waals surface area contributed by atoms with Gasteiger partial charge in [-0.1, -0.05) is 11.6 Å². The maximum atomic E-state index is 14.0. The second kappa shape index (κ2) is 4.97. The molecule has 0 amide bonds. The van der Waals surface area contributed by atoms with Crippen molar-refractivity contribution in [2.24, 2.45) is 0 Å². The van der Waals surface area contributed by atoms with Gasteiger partial charge in [0.15, 0.2) is 11.5 Å². The highest BCUT2D eigenvalue weighted by Gasteiger charge is 2.15. The van der Waals surface area contributed by atoms with Crippen LogP contribution in [0.4, 0.5) is 4.39 Å². The number of carbonyl (C=O) groups excluding carboxylic acids is 1. The van der Waals surface area contributed by atoms with Crippen molar-refractivity contribution < 1.29 is 13.9 Å². The lowest BCUT2D eigenvalue weighted by Gasteiger charge is -2.05. The summed E-state index contributed by atoms with van der Waals surface area (Å²) in [6.07, 6.45) is 1.54. The summed E-state index contributed by atoms with van der Waals surface area (Å²) in [4.78, 5) is 11.6. The van der Waals surface area contributed by atoms with Crippen molar-refractivity contribution in [1.29, 1.82) is 0 Å². The van der Waals surface area contributed by atoms with E-state index in [0.717, 1.165) is 5.56 Å². The van der Waals surface area contributed by atoms with E-state index in [0.29, 0.717) is 22.6 Å². The molecule has 106 valence electrons. The van der Waals surface area contributed by atoms with Gasteiger partial charge in [0.2, 0.25) is 0 Å². The number of fused-ring (bicyclic) bond motifs is 1. The smallest absolute Gasteiger partial charge is 0.339 e. The number of aromatic nitrogens is 3. The predicted molar refractivity (Wildman–Crippen MR) is 74.5 cm³/mol. The van der Waals surface area contributed by atoms with Gasteiger partial charge in [0.1, 0.15) is 5.82 Å². The van der Waals surface area contributed by atoms with Gasteiger partial charge in [-0.2, -0.15) is 0 Å². The number of rotatable bonds is 2. The molecule has 0 atom stereocenters. The minimum absolute atomic E-state index is 0.338. The molecular formula is C15H12FN3O2. The lowest BCUT2D eigenvalue weighted by atomic mass is 10.1. The average molecular weight is 285 g/mol. The van der Waals surface area contributed by atoms with Crippen LogP contribution in [0.2, 0.25) is 0 Å². The molecule has 0 N–H and O–H groups in total. The third-order valence-corrected chi connectivity index (χ3v) is 3.19. The molecule has 0 fully saturated rings. The van der Waals surface area contributed by atoms with E-state index in [-0.39, 0.29) is 0 Å². The molecule has 6 heteroatoms. The first-order valence-electron chi connectivity index (χ1n) is 6.30. The quantitative estimate of drug-likeness (QED) is 0.679. The topological polar surface area (TPSA) is 56.5 Å². The van der Waals surface area contributed by atoms with Gasteiger partial charge in [0.25, 0.3) is 0 Å². The molecule has 2 heterocycles. The van der Waals surface area contributed by atoms with Gasteiger partial charge in [-0.05, 0) is 31.2 Å². The van der Waals surface area contributed by atoms with Crippen LogP contribution in [0.3, 0.4) is 0 Å². The van der Waals surface area contributed by atoms with Gasteiger partial charge in [0, 0.05) is 6.20 Å². The van der Waals surface area contributed by atoms with Crippen LogP contribution >= 0.6 is 0 Å². The van der Waals surface area contributed by atoms with Crippen molar-refractivity contribution in [1.82, 2.24) is 14.6 Å². The second-order valence-corrected chi connectivity index (χ2v) is 4.64. The number of halogens is 1. The fourth-order valence-electron chi connectivity index (χ4n) is 2.12. The predicted octanol–water partition coefficient (Wildman–Crippen LogP) is 2.63. The van der Waals surface area contributed by atoms with Crippen LogP contribution in [-0.2, 0) is 4.74 Å². The fourth-order valence-corrected chi connectivity index (χ4v) is 2.12. The first-order valence-corrected chi connectivity index (χ1v) is 6.30. The minimum Gasteiger partial charge on any atom is -0.465 e. The Morgan fingerprint density at radius 1 is 1.24 bits per heavy atom. The SMILES string of the molecule is COC(=O)c1ccc2nnc(-c3cc(C)ccc3F)n2c1. The lowest BCUT2D eigenvalue weighted by molar-refractivity contribution is 0.0600.